The molecule has 0 saturated heterocycles. The molecule has 0 N–H and O–H groups in total. The van der Waals surface area contributed by atoms with E-state index in [1.807, 2.05) is 55.6 Å². The summed E-state index contributed by atoms with van der Waals surface area (Å²) >= 11 is 0. The molecule has 0 aliphatic rings. The summed E-state index contributed by atoms with van der Waals surface area (Å²) in [7, 11) is 0. The monoisotopic (exact) mass is 765 g/mol. The zero-order chi connectivity index (χ0) is 30.2. The van der Waals surface area contributed by atoms with Crippen LogP contribution in [0.25, 0.3) is 59.8 Å². The molecule has 220 valence electrons. The first-order chi connectivity index (χ1) is 21.3. The van der Waals surface area contributed by atoms with Crippen molar-refractivity contribution in [2.24, 2.45) is 0 Å². The Morgan fingerprint density at radius 1 is 0.800 bits per heavy atom. The number of hydrogen-bond acceptors (Lipinski definition) is 4. The van der Waals surface area contributed by atoms with E-state index in [-0.39, 0.29) is 26.5 Å². The van der Waals surface area contributed by atoms with Gasteiger partial charge in [-0.2, -0.15) is 17.2 Å². The maximum absolute atomic E-state index is 7.46. The molecular weight excluding hydrogens is 740 g/mol. The number of hydrogen-bond donors (Lipinski definition) is 0. The van der Waals surface area contributed by atoms with Crippen LogP contribution in [0.15, 0.2) is 85.1 Å². The van der Waals surface area contributed by atoms with Gasteiger partial charge in [0.05, 0.1) is 6.57 Å². The Kier molecular flexibility index (Phi) is 6.72. The summed E-state index contributed by atoms with van der Waals surface area (Å²) in [6, 6.07) is 33.1. The van der Waals surface area contributed by atoms with Gasteiger partial charge in [0, 0.05) is 28.6 Å². The molecule has 0 unspecified atom stereocenters. The van der Waals surface area contributed by atoms with Crippen LogP contribution in [0.5, 0.6) is 11.5 Å². The zero-order valence-corrected chi connectivity index (χ0v) is 27.3. The molecule has 0 atom stereocenters. The third kappa shape index (κ3) is 4.65. The van der Waals surface area contributed by atoms with E-state index in [4.69, 9.17) is 16.3 Å². The van der Waals surface area contributed by atoms with Gasteiger partial charge in [0.25, 0.3) is 0 Å². The quantitative estimate of drug-likeness (QED) is 0.133. The summed E-state index contributed by atoms with van der Waals surface area (Å²) in [4.78, 5) is 13.0. The number of aromatic nitrogens is 5. The Labute approximate surface area is 274 Å². The molecular formula is C37H26N6OPt. The second-order valence-corrected chi connectivity index (χ2v) is 12.0. The van der Waals surface area contributed by atoms with Crippen LogP contribution in [0, 0.1) is 25.6 Å². The molecule has 4 aromatic carbocycles. The van der Waals surface area contributed by atoms with E-state index in [9.17, 15) is 0 Å². The fourth-order valence-corrected chi connectivity index (χ4v) is 5.97. The van der Waals surface area contributed by atoms with E-state index in [1.165, 1.54) is 5.56 Å². The van der Waals surface area contributed by atoms with Crippen molar-refractivity contribution in [3.8, 4) is 17.3 Å². The van der Waals surface area contributed by atoms with Gasteiger partial charge in [-0.25, -0.2) is 19.3 Å². The van der Waals surface area contributed by atoms with E-state index in [0.717, 1.165) is 49.3 Å². The summed E-state index contributed by atoms with van der Waals surface area (Å²) in [5.74, 6) is 2.59. The number of rotatable bonds is 3. The van der Waals surface area contributed by atoms with Crippen molar-refractivity contribution in [1.82, 2.24) is 24.1 Å². The molecule has 0 saturated carbocycles. The number of pyridine rings is 2. The molecule has 4 aromatic heterocycles. The first kappa shape index (κ1) is 28.7. The molecule has 7 nitrogen and oxygen atoms in total. The van der Waals surface area contributed by atoms with Crippen LogP contribution in [0.4, 0.5) is 5.69 Å². The molecule has 0 fully saturated rings. The predicted octanol–water partition coefficient (Wildman–Crippen LogP) is 9.07. The van der Waals surface area contributed by atoms with Crippen LogP contribution < -0.4 is 4.74 Å². The van der Waals surface area contributed by atoms with Gasteiger partial charge in [-0.15, -0.1) is 35.0 Å². The van der Waals surface area contributed by atoms with Crippen LogP contribution in [-0.4, -0.2) is 24.1 Å². The molecule has 8 aromatic rings. The number of fused-ring (bicyclic) bond motifs is 9. The Hall–Kier alpha value is -5.05. The average Bonchev–Trinajstić information content (AvgIpc) is 3.58. The molecule has 0 amide bonds. The van der Waals surface area contributed by atoms with Crippen LogP contribution in [0.3, 0.4) is 0 Å². The van der Waals surface area contributed by atoms with Gasteiger partial charge in [0.1, 0.15) is 11.6 Å². The third-order valence-corrected chi connectivity index (χ3v) is 8.10. The predicted molar refractivity (Wildman–Crippen MR) is 174 cm³/mol. The first-order valence-electron chi connectivity index (χ1n) is 14.4. The van der Waals surface area contributed by atoms with Gasteiger partial charge in [-0.05, 0) is 53.1 Å². The molecule has 8 heteroatoms. The van der Waals surface area contributed by atoms with Gasteiger partial charge in [-0.1, -0.05) is 62.0 Å². The largest absolute Gasteiger partial charge is 2.00 e. The number of nitrogens with zero attached hydrogens (tertiary/aromatic N) is 6. The maximum Gasteiger partial charge on any atom is 2.00 e. The zero-order valence-electron chi connectivity index (χ0n) is 25.0. The maximum atomic E-state index is 7.46. The third-order valence-electron chi connectivity index (χ3n) is 8.10. The van der Waals surface area contributed by atoms with Crippen molar-refractivity contribution in [3.63, 3.8) is 0 Å². The van der Waals surface area contributed by atoms with E-state index < -0.39 is 0 Å². The van der Waals surface area contributed by atoms with E-state index >= 15 is 0 Å². The summed E-state index contributed by atoms with van der Waals surface area (Å²) in [5.41, 5.74) is 5.14. The van der Waals surface area contributed by atoms with Crippen LogP contribution >= 0.6 is 0 Å². The standard InChI is InChI=1S/C37H26N6O.Pt/c1-22-40-36-31-19-24(38-5)10-13-27(31)29-14-11-26(21-34(29)43(36)41-22)44-25-12-15-30-28-8-6-7-9-32(28)42(33(30)20-25)35-18-23(16-17-39-35)37(2,3)4;/h6-19H,1-4H3;/q-2;+2. The molecule has 0 aliphatic carbocycles. The number of benzene rings is 4. The smallest absolute Gasteiger partial charge is 0.509 e. The van der Waals surface area contributed by atoms with Gasteiger partial charge in [0.2, 0.25) is 0 Å². The van der Waals surface area contributed by atoms with Gasteiger partial charge < -0.3 is 9.30 Å². The summed E-state index contributed by atoms with van der Waals surface area (Å²) in [6.07, 6.45) is 1.87. The molecule has 4 heterocycles. The topological polar surface area (TPSA) is 61.6 Å². The molecule has 0 aliphatic heterocycles. The minimum absolute atomic E-state index is 0. The SMILES string of the molecule is [C-]#[N+]c1ccc2c3ccc(Oc4[c-]c5c(cc4)c4ccccc4n5-c4cc(C(C)(C)C)ccn4)[c-]c3n3nc(C)nc3c2c1.[Pt+2]. The summed E-state index contributed by atoms with van der Waals surface area (Å²) < 4.78 is 10.4. The summed E-state index contributed by atoms with van der Waals surface area (Å²) in [5, 5.41) is 9.67. The minimum Gasteiger partial charge on any atom is -0.509 e. The number of ether oxygens (including phenoxy) is 1. The molecule has 0 spiro atoms. The van der Waals surface area contributed by atoms with E-state index in [0.29, 0.717) is 28.7 Å². The van der Waals surface area contributed by atoms with Crippen molar-refractivity contribution in [3.05, 3.63) is 120 Å². The molecule has 0 bridgehead atoms. The van der Waals surface area contributed by atoms with Crippen LogP contribution in [-0.2, 0) is 26.5 Å². The van der Waals surface area contributed by atoms with E-state index in [1.54, 1.807) is 4.52 Å². The van der Waals surface area contributed by atoms with Crippen molar-refractivity contribution in [2.75, 3.05) is 0 Å². The fraction of sp³-hybridized carbons (Fsp3) is 0.135. The molecule has 8 rings (SSSR count). The van der Waals surface area contributed by atoms with Crippen molar-refractivity contribution in [2.45, 2.75) is 33.1 Å². The molecule has 0 radical (unpaired) electrons. The van der Waals surface area contributed by atoms with Crippen molar-refractivity contribution in [1.29, 1.82) is 0 Å². The van der Waals surface area contributed by atoms with Crippen molar-refractivity contribution >= 4 is 54.8 Å². The Bertz CT molecular complexity index is 2500. The van der Waals surface area contributed by atoms with Crippen LogP contribution in [0.1, 0.15) is 32.2 Å². The Balaban J connectivity index is 0.00000325. The Morgan fingerprint density at radius 3 is 2.27 bits per heavy atom. The first-order valence-corrected chi connectivity index (χ1v) is 14.4. The second-order valence-electron chi connectivity index (χ2n) is 12.0. The minimum atomic E-state index is -0.0149. The van der Waals surface area contributed by atoms with Gasteiger partial charge in [0.15, 0.2) is 11.3 Å². The van der Waals surface area contributed by atoms with E-state index in [2.05, 4.69) is 88.8 Å². The summed E-state index contributed by atoms with van der Waals surface area (Å²) in [6.45, 7) is 15.9. The van der Waals surface area contributed by atoms with Gasteiger partial charge >= 0.3 is 21.1 Å². The average molecular weight is 766 g/mol. The fourth-order valence-electron chi connectivity index (χ4n) is 5.97. The normalized spacial score (nSPS) is 11.8. The van der Waals surface area contributed by atoms with Crippen molar-refractivity contribution < 1.29 is 25.8 Å². The van der Waals surface area contributed by atoms with Gasteiger partial charge in [-0.3, -0.25) is 0 Å². The second kappa shape index (κ2) is 10.5. The number of para-hydroxylation sites is 1. The Morgan fingerprint density at radius 2 is 1.51 bits per heavy atom. The molecule has 45 heavy (non-hydrogen) atoms. The number of aryl methyl sites for hydroxylation is 1. The van der Waals surface area contributed by atoms with Crippen LogP contribution in [0.2, 0.25) is 0 Å².